The maximum absolute atomic E-state index is 13.6. The highest BCUT2D eigenvalue weighted by molar-refractivity contribution is 9.10. The Morgan fingerprint density at radius 1 is 0.549 bits per heavy atom. The fourth-order valence-corrected chi connectivity index (χ4v) is 8.89. The lowest BCUT2D eigenvalue weighted by molar-refractivity contribution is -0.121. The molecule has 8 rings (SSSR count). The van der Waals surface area contributed by atoms with E-state index >= 15 is 0 Å². The van der Waals surface area contributed by atoms with E-state index in [0.717, 1.165) is 82.0 Å². The lowest BCUT2D eigenvalue weighted by atomic mass is 9.91. The standard InChI is InChI=1S/C31H31N3O2.C30H31BrN2O2/c1-21-16-26(12-13-28(21)36-5)24-9-6-22(7-10-24)20-34(29(35)18-31(2,3)4)30-27-17-23(19-32)8-11-25(27)14-15-33-30;1-20-16-24(11-13-27(20)35-5)22-8-6-21(7-9-22)19-33(28(34)18-30(2,3)4)29-26-17-25(31)12-10-23(26)14-15-32-29/h6-17H,18,20H2,1-5H3;6-17H,18-19H2,1-5H3. The number of rotatable bonds is 12. The van der Waals surface area contributed by atoms with Crippen molar-refractivity contribution >= 4 is 60.9 Å². The summed E-state index contributed by atoms with van der Waals surface area (Å²) in [6.07, 6.45) is 4.31. The van der Waals surface area contributed by atoms with Gasteiger partial charge >= 0.3 is 0 Å². The van der Waals surface area contributed by atoms with Gasteiger partial charge in [-0.15, -0.1) is 0 Å². The molecule has 0 unspecified atom stereocenters. The number of halogens is 1. The van der Waals surface area contributed by atoms with E-state index in [1.807, 2.05) is 79.4 Å². The van der Waals surface area contributed by atoms with Crippen molar-refractivity contribution in [1.82, 2.24) is 9.97 Å². The average Bonchev–Trinajstić information content (AvgIpc) is 3.34. The van der Waals surface area contributed by atoms with Crippen LogP contribution in [-0.4, -0.2) is 36.0 Å². The minimum atomic E-state index is -0.173. The molecule has 362 valence electrons. The highest BCUT2D eigenvalue weighted by Crippen LogP contribution is 2.34. The second-order valence-electron chi connectivity index (χ2n) is 20.4. The number of methoxy groups -OCH3 is 2. The van der Waals surface area contributed by atoms with E-state index in [9.17, 15) is 14.9 Å². The molecule has 0 aliphatic carbocycles. The van der Waals surface area contributed by atoms with Gasteiger partial charge in [-0.25, -0.2) is 9.97 Å². The maximum atomic E-state index is 13.6. The Kier molecular flexibility index (Phi) is 16.1. The molecule has 2 heterocycles. The predicted molar refractivity (Wildman–Crippen MR) is 293 cm³/mol. The van der Waals surface area contributed by atoms with Gasteiger partial charge in [0.2, 0.25) is 11.8 Å². The molecule has 0 aliphatic heterocycles. The van der Waals surface area contributed by atoms with Crippen LogP contribution in [0.5, 0.6) is 11.5 Å². The first-order chi connectivity index (χ1) is 33.8. The Morgan fingerprint density at radius 3 is 1.35 bits per heavy atom. The number of nitriles is 1. The molecule has 6 aromatic carbocycles. The van der Waals surface area contributed by atoms with E-state index in [1.54, 1.807) is 37.6 Å². The molecule has 8 aromatic rings. The van der Waals surface area contributed by atoms with E-state index in [4.69, 9.17) is 9.47 Å². The first-order valence-corrected chi connectivity index (χ1v) is 24.5. The van der Waals surface area contributed by atoms with E-state index < -0.39 is 0 Å². The summed E-state index contributed by atoms with van der Waals surface area (Å²) in [6.45, 7) is 17.3. The first kappa shape index (κ1) is 51.5. The lowest BCUT2D eigenvalue weighted by Crippen LogP contribution is -2.34. The van der Waals surface area contributed by atoms with Crippen molar-refractivity contribution in [3.63, 3.8) is 0 Å². The molecule has 2 amide bonds. The molecule has 0 atom stereocenters. The minimum Gasteiger partial charge on any atom is -0.496 e. The smallest absolute Gasteiger partial charge is 0.229 e. The van der Waals surface area contributed by atoms with Gasteiger partial charge in [-0.05, 0) is 141 Å². The van der Waals surface area contributed by atoms with Crippen LogP contribution in [0.1, 0.15) is 82.2 Å². The molecule has 2 aromatic heterocycles. The van der Waals surface area contributed by atoms with Gasteiger partial charge in [-0.1, -0.05) is 130 Å². The summed E-state index contributed by atoms with van der Waals surface area (Å²) in [6, 6.07) is 46.6. The van der Waals surface area contributed by atoms with Gasteiger partial charge in [-0.2, -0.15) is 5.26 Å². The van der Waals surface area contributed by atoms with Crippen molar-refractivity contribution in [3.8, 4) is 39.8 Å². The van der Waals surface area contributed by atoms with Gasteiger partial charge in [-0.3, -0.25) is 19.4 Å². The summed E-state index contributed by atoms with van der Waals surface area (Å²) in [4.78, 5) is 39.9. The topological polar surface area (TPSA) is 109 Å². The molecule has 0 spiro atoms. The number of hydrogen-bond acceptors (Lipinski definition) is 7. The number of hydrogen-bond donors (Lipinski definition) is 0. The minimum absolute atomic E-state index is 0.000263. The van der Waals surface area contributed by atoms with Gasteiger partial charge in [0.15, 0.2) is 0 Å². The van der Waals surface area contributed by atoms with Crippen molar-refractivity contribution in [2.45, 2.75) is 81.3 Å². The second-order valence-corrected chi connectivity index (χ2v) is 21.3. The number of ether oxygens (including phenoxy) is 2. The number of aryl methyl sites for hydroxylation is 2. The number of nitrogens with zero attached hydrogens (tertiary/aromatic N) is 5. The quantitative estimate of drug-likeness (QED) is 0.120. The van der Waals surface area contributed by atoms with Crippen LogP contribution in [0.4, 0.5) is 11.6 Å². The van der Waals surface area contributed by atoms with Crippen LogP contribution in [0.2, 0.25) is 0 Å². The summed E-state index contributed by atoms with van der Waals surface area (Å²) in [5, 5.41) is 13.2. The predicted octanol–water partition coefficient (Wildman–Crippen LogP) is 15.0. The van der Waals surface area contributed by atoms with Crippen LogP contribution in [0.3, 0.4) is 0 Å². The zero-order valence-corrected chi connectivity index (χ0v) is 44.0. The number of amides is 2. The number of benzene rings is 6. The zero-order valence-electron chi connectivity index (χ0n) is 42.4. The van der Waals surface area contributed by atoms with Crippen LogP contribution < -0.4 is 19.3 Å². The van der Waals surface area contributed by atoms with E-state index in [-0.39, 0.29) is 22.6 Å². The number of aromatic nitrogens is 2. The molecule has 0 saturated carbocycles. The Balaban J connectivity index is 0.000000209. The van der Waals surface area contributed by atoms with Crippen LogP contribution in [0.25, 0.3) is 43.8 Å². The first-order valence-electron chi connectivity index (χ1n) is 23.7. The van der Waals surface area contributed by atoms with E-state index in [1.165, 1.54) is 0 Å². The number of fused-ring (bicyclic) bond motifs is 2. The van der Waals surface area contributed by atoms with Gasteiger partial charge in [0.1, 0.15) is 23.1 Å². The lowest BCUT2D eigenvalue weighted by Gasteiger charge is -2.27. The number of anilines is 2. The Morgan fingerprint density at radius 2 is 0.958 bits per heavy atom. The fraction of sp³-hybridized carbons (Fsp3) is 0.262. The fourth-order valence-electron chi connectivity index (χ4n) is 8.52. The molecule has 9 nitrogen and oxygen atoms in total. The highest BCUT2D eigenvalue weighted by Gasteiger charge is 2.27. The van der Waals surface area contributed by atoms with E-state index in [2.05, 4.69) is 140 Å². The molecular formula is C61H62BrN5O4. The molecule has 0 N–H and O–H groups in total. The monoisotopic (exact) mass is 1010 g/mol. The van der Waals surface area contributed by atoms with Crippen LogP contribution in [-0.2, 0) is 22.7 Å². The molecule has 71 heavy (non-hydrogen) atoms. The van der Waals surface area contributed by atoms with Gasteiger partial charge in [0.05, 0.1) is 38.9 Å². The van der Waals surface area contributed by atoms with Crippen LogP contribution >= 0.6 is 15.9 Å². The van der Waals surface area contributed by atoms with Crippen molar-refractivity contribution in [3.05, 3.63) is 178 Å². The third-order valence-corrected chi connectivity index (χ3v) is 12.6. The molecule has 0 saturated heterocycles. The normalized spacial score (nSPS) is 11.4. The average molecular weight is 1010 g/mol. The molecule has 10 heteroatoms. The van der Waals surface area contributed by atoms with E-state index in [0.29, 0.717) is 43.1 Å². The SMILES string of the molecule is COc1ccc(-c2ccc(CN(C(=O)CC(C)(C)C)c3nccc4ccc(Br)cc34)cc2)cc1C.COc1ccc(-c2ccc(CN(C(=O)CC(C)(C)C)c3nccc4ccc(C#N)cc34)cc2)cc1C. The maximum Gasteiger partial charge on any atom is 0.229 e. The third-order valence-electron chi connectivity index (χ3n) is 12.1. The molecule has 0 bridgehead atoms. The zero-order chi connectivity index (χ0) is 51.0. The summed E-state index contributed by atoms with van der Waals surface area (Å²) >= 11 is 3.57. The van der Waals surface area contributed by atoms with Gasteiger partial charge in [0, 0.05) is 40.5 Å². The summed E-state index contributed by atoms with van der Waals surface area (Å²) < 4.78 is 11.7. The number of carbonyl (C=O) groups is 2. The van der Waals surface area contributed by atoms with Crippen molar-refractivity contribution in [1.29, 1.82) is 5.26 Å². The van der Waals surface area contributed by atoms with Crippen molar-refractivity contribution < 1.29 is 19.1 Å². The van der Waals surface area contributed by atoms with Crippen molar-refractivity contribution in [2.75, 3.05) is 24.0 Å². The highest BCUT2D eigenvalue weighted by atomic mass is 79.9. The van der Waals surface area contributed by atoms with Crippen molar-refractivity contribution in [2.24, 2.45) is 10.8 Å². The summed E-state index contributed by atoms with van der Waals surface area (Å²) in [5.41, 5.74) is 8.94. The van der Waals surface area contributed by atoms with Gasteiger partial charge in [0.25, 0.3) is 0 Å². The Bertz CT molecular complexity index is 3240. The largest absolute Gasteiger partial charge is 0.496 e. The Hall–Kier alpha value is -7.35. The number of carbonyl (C=O) groups excluding carboxylic acids is 2. The van der Waals surface area contributed by atoms with Gasteiger partial charge < -0.3 is 9.47 Å². The Labute approximate surface area is 427 Å². The van der Waals surface area contributed by atoms with Crippen LogP contribution in [0, 0.1) is 36.0 Å². The summed E-state index contributed by atoms with van der Waals surface area (Å²) in [7, 11) is 3.36. The van der Waals surface area contributed by atoms with Crippen LogP contribution in [0.15, 0.2) is 150 Å². The molecule has 0 aliphatic rings. The molecule has 0 radical (unpaired) electrons. The third kappa shape index (κ3) is 13.1. The molecule has 0 fully saturated rings. The summed E-state index contributed by atoms with van der Waals surface area (Å²) in [5.74, 6) is 3.08. The number of pyridine rings is 2. The second kappa shape index (κ2) is 22.2. The molecular weight excluding hydrogens is 947 g/mol.